The van der Waals surface area contributed by atoms with E-state index >= 15 is 0 Å². The molecule has 1 aliphatic rings. The number of methoxy groups -OCH3 is 1. The lowest BCUT2D eigenvalue weighted by atomic mass is 10.1. The quantitative estimate of drug-likeness (QED) is 0.712. The van der Waals surface area contributed by atoms with Gasteiger partial charge in [0.1, 0.15) is 11.6 Å². The van der Waals surface area contributed by atoms with Crippen LogP contribution >= 0.6 is 0 Å². The fourth-order valence-corrected chi connectivity index (χ4v) is 1.68. The Balaban J connectivity index is 2.22. The minimum absolute atomic E-state index is 0.288. The van der Waals surface area contributed by atoms with Crippen molar-refractivity contribution in [1.29, 1.82) is 0 Å². The Kier molecular flexibility index (Phi) is 3.38. The standard InChI is InChI=1S/C12H13N3O3/c1-18-8-5-3-2-4-7(8)6-9-14-11(16)10(13)12(17)15-9/h2-5,10H,6,13H2,1H3,(H,14,15,16,17). The number of aliphatic imine (C=N–C) groups is 1. The Morgan fingerprint density at radius 3 is 2.78 bits per heavy atom. The Hall–Kier alpha value is -2.21. The Bertz CT molecular complexity index is 525. The number of carbonyl (C=O) groups excluding carboxylic acids is 2. The van der Waals surface area contributed by atoms with Gasteiger partial charge < -0.3 is 15.8 Å². The molecule has 0 saturated carbocycles. The first-order chi connectivity index (χ1) is 8.61. The molecule has 0 fully saturated rings. The van der Waals surface area contributed by atoms with Gasteiger partial charge in [0.15, 0.2) is 6.04 Å². The first kappa shape index (κ1) is 12.3. The van der Waals surface area contributed by atoms with E-state index in [2.05, 4.69) is 10.3 Å². The second-order valence-corrected chi connectivity index (χ2v) is 3.85. The molecular weight excluding hydrogens is 234 g/mol. The van der Waals surface area contributed by atoms with Gasteiger partial charge in [-0.3, -0.25) is 9.59 Å². The van der Waals surface area contributed by atoms with Gasteiger partial charge in [0.05, 0.1) is 7.11 Å². The number of carbonyl (C=O) groups is 2. The summed E-state index contributed by atoms with van der Waals surface area (Å²) in [6.45, 7) is 0. The van der Waals surface area contributed by atoms with Crippen LogP contribution in [0.2, 0.25) is 0 Å². The van der Waals surface area contributed by atoms with Crippen molar-refractivity contribution >= 4 is 17.6 Å². The predicted molar refractivity (Wildman–Crippen MR) is 65.3 cm³/mol. The maximum Gasteiger partial charge on any atom is 0.273 e. The maximum atomic E-state index is 11.4. The number of para-hydroxylation sites is 1. The van der Waals surface area contributed by atoms with Gasteiger partial charge in [-0.1, -0.05) is 18.2 Å². The van der Waals surface area contributed by atoms with Crippen LogP contribution in [0.5, 0.6) is 5.75 Å². The van der Waals surface area contributed by atoms with Crippen LogP contribution in [0.15, 0.2) is 29.3 Å². The number of hydrogen-bond acceptors (Lipinski definition) is 4. The first-order valence-electron chi connectivity index (χ1n) is 5.41. The van der Waals surface area contributed by atoms with Gasteiger partial charge >= 0.3 is 0 Å². The summed E-state index contributed by atoms with van der Waals surface area (Å²) in [6.07, 6.45) is 0.314. The van der Waals surface area contributed by atoms with Crippen LogP contribution in [0.25, 0.3) is 0 Å². The van der Waals surface area contributed by atoms with E-state index in [4.69, 9.17) is 10.5 Å². The number of benzene rings is 1. The zero-order chi connectivity index (χ0) is 13.1. The summed E-state index contributed by atoms with van der Waals surface area (Å²) in [4.78, 5) is 26.5. The fourth-order valence-electron chi connectivity index (χ4n) is 1.68. The minimum atomic E-state index is -1.20. The zero-order valence-corrected chi connectivity index (χ0v) is 9.84. The lowest BCUT2D eigenvalue weighted by Crippen LogP contribution is -2.52. The molecule has 1 atom stereocenters. The van der Waals surface area contributed by atoms with Crippen LogP contribution in [0.1, 0.15) is 5.56 Å². The molecule has 0 aromatic heterocycles. The van der Waals surface area contributed by atoms with Crippen molar-refractivity contribution < 1.29 is 14.3 Å². The highest BCUT2D eigenvalue weighted by Gasteiger charge is 2.28. The molecule has 6 nitrogen and oxygen atoms in total. The monoisotopic (exact) mass is 247 g/mol. The van der Waals surface area contributed by atoms with Crippen LogP contribution in [0.3, 0.4) is 0 Å². The molecule has 1 heterocycles. The van der Waals surface area contributed by atoms with E-state index in [0.29, 0.717) is 12.2 Å². The molecule has 1 aromatic carbocycles. The number of amides is 2. The van der Waals surface area contributed by atoms with Crippen LogP contribution in [-0.4, -0.2) is 30.8 Å². The van der Waals surface area contributed by atoms with Gasteiger partial charge in [-0.25, -0.2) is 0 Å². The summed E-state index contributed by atoms with van der Waals surface area (Å²) in [5, 5.41) is 2.51. The van der Waals surface area contributed by atoms with Gasteiger partial charge in [-0.15, -0.1) is 0 Å². The van der Waals surface area contributed by atoms with Crippen LogP contribution in [-0.2, 0) is 16.0 Å². The number of nitrogens with two attached hydrogens (primary N) is 1. The van der Waals surface area contributed by atoms with Crippen molar-refractivity contribution in [3.63, 3.8) is 0 Å². The highest BCUT2D eigenvalue weighted by molar-refractivity contribution is 6.18. The van der Waals surface area contributed by atoms with Crippen molar-refractivity contribution in [3.05, 3.63) is 29.8 Å². The summed E-state index contributed by atoms with van der Waals surface area (Å²) in [6, 6.07) is 6.12. The van der Waals surface area contributed by atoms with Crippen LogP contribution < -0.4 is 15.8 Å². The largest absolute Gasteiger partial charge is 0.496 e. The molecule has 1 unspecified atom stereocenters. The number of rotatable bonds is 3. The molecule has 6 heteroatoms. The molecular formula is C12H13N3O3. The number of hydrogen-bond donors (Lipinski definition) is 2. The summed E-state index contributed by atoms with van der Waals surface area (Å²) in [5.74, 6) is -0.184. The van der Waals surface area contributed by atoms with E-state index in [1.807, 2.05) is 18.2 Å². The molecule has 2 amide bonds. The van der Waals surface area contributed by atoms with Gasteiger partial charge in [-0.05, 0) is 6.07 Å². The van der Waals surface area contributed by atoms with E-state index in [0.717, 1.165) is 5.56 Å². The third kappa shape index (κ3) is 2.38. The predicted octanol–water partition coefficient (Wildman–Crippen LogP) is -0.380. The SMILES string of the molecule is COc1ccccc1CC1=NC(=O)C(N)C(=O)N1. The zero-order valence-electron chi connectivity index (χ0n) is 9.84. The van der Waals surface area contributed by atoms with Crippen molar-refractivity contribution in [1.82, 2.24) is 5.32 Å². The summed E-state index contributed by atoms with van der Waals surface area (Å²) >= 11 is 0. The first-order valence-corrected chi connectivity index (χ1v) is 5.41. The molecule has 1 aliphatic heterocycles. The molecule has 3 N–H and O–H groups in total. The number of ether oxygens (including phenoxy) is 1. The lowest BCUT2D eigenvalue weighted by Gasteiger charge is -2.17. The molecule has 0 bridgehead atoms. The van der Waals surface area contributed by atoms with Gasteiger partial charge in [-0.2, -0.15) is 4.99 Å². The Morgan fingerprint density at radius 2 is 2.11 bits per heavy atom. The highest BCUT2D eigenvalue weighted by Crippen LogP contribution is 2.18. The van der Waals surface area contributed by atoms with E-state index in [9.17, 15) is 9.59 Å². The molecule has 94 valence electrons. The Morgan fingerprint density at radius 1 is 1.39 bits per heavy atom. The molecule has 18 heavy (non-hydrogen) atoms. The average Bonchev–Trinajstić information content (AvgIpc) is 2.36. The van der Waals surface area contributed by atoms with Crippen molar-refractivity contribution in [2.45, 2.75) is 12.5 Å². The normalized spacial score (nSPS) is 19.2. The van der Waals surface area contributed by atoms with Gasteiger partial charge in [0.2, 0.25) is 0 Å². The third-order valence-corrected chi connectivity index (χ3v) is 2.61. The number of amidine groups is 1. The fraction of sp³-hybridized carbons (Fsp3) is 0.250. The van der Waals surface area contributed by atoms with E-state index in [1.54, 1.807) is 13.2 Å². The van der Waals surface area contributed by atoms with Gasteiger partial charge in [0.25, 0.3) is 11.8 Å². The third-order valence-electron chi connectivity index (χ3n) is 2.61. The number of nitrogens with zero attached hydrogens (tertiary/aromatic N) is 1. The van der Waals surface area contributed by atoms with E-state index in [1.165, 1.54) is 0 Å². The highest BCUT2D eigenvalue weighted by atomic mass is 16.5. The molecule has 0 spiro atoms. The lowest BCUT2D eigenvalue weighted by molar-refractivity contribution is -0.129. The summed E-state index contributed by atoms with van der Waals surface area (Å²) in [5.41, 5.74) is 6.18. The second-order valence-electron chi connectivity index (χ2n) is 3.85. The number of nitrogens with one attached hydrogen (secondary N) is 1. The van der Waals surface area contributed by atoms with Crippen LogP contribution in [0.4, 0.5) is 0 Å². The Labute approximate surface area is 104 Å². The molecule has 0 aliphatic carbocycles. The topological polar surface area (TPSA) is 93.8 Å². The van der Waals surface area contributed by atoms with Crippen molar-refractivity contribution in [2.75, 3.05) is 7.11 Å². The molecule has 1 aromatic rings. The van der Waals surface area contributed by atoms with Crippen LogP contribution in [0, 0.1) is 0 Å². The molecule has 0 saturated heterocycles. The van der Waals surface area contributed by atoms with Gasteiger partial charge in [0, 0.05) is 12.0 Å². The summed E-state index contributed by atoms with van der Waals surface area (Å²) in [7, 11) is 1.56. The second kappa shape index (κ2) is 4.97. The van der Waals surface area contributed by atoms with E-state index in [-0.39, 0.29) is 5.84 Å². The van der Waals surface area contributed by atoms with Crippen molar-refractivity contribution in [2.24, 2.45) is 10.7 Å². The molecule has 0 radical (unpaired) electrons. The summed E-state index contributed by atoms with van der Waals surface area (Å²) < 4.78 is 5.18. The smallest absolute Gasteiger partial charge is 0.273 e. The maximum absolute atomic E-state index is 11.4. The van der Waals surface area contributed by atoms with Crippen molar-refractivity contribution in [3.8, 4) is 5.75 Å². The average molecular weight is 247 g/mol. The minimum Gasteiger partial charge on any atom is -0.496 e. The molecule has 2 rings (SSSR count). The van der Waals surface area contributed by atoms with E-state index < -0.39 is 17.9 Å².